The Morgan fingerprint density at radius 3 is 1.95 bits per heavy atom. The Kier molecular flexibility index (Phi) is 19.4. The second-order valence-corrected chi connectivity index (χ2v) is 13.9. The van der Waals surface area contributed by atoms with Gasteiger partial charge in [-0.15, -0.1) is 0 Å². The summed E-state index contributed by atoms with van der Waals surface area (Å²) in [7, 11) is 0. The Labute approximate surface area is 319 Å². The number of hydrogen-bond acceptors (Lipinski definition) is 11. The van der Waals surface area contributed by atoms with Crippen LogP contribution in [0.4, 0.5) is 13.2 Å². The van der Waals surface area contributed by atoms with Crippen molar-refractivity contribution >= 4 is 47.4 Å². The molecule has 0 spiro atoms. The highest BCUT2D eigenvalue weighted by atomic mass is 19.4. The van der Waals surface area contributed by atoms with E-state index in [0.29, 0.717) is 12.1 Å². The predicted octanol–water partition coefficient (Wildman–Crippen LogP) is -1.12. The number of nitrogens with zero attached hydrogens (tertiary/aromatic N) is 2. The number of alkyl halides is 3. The molecular weight excluding hydrogens is 757 g/mol. The fraction of sp³-hybridized carbons (Fsp3) is 0.667. The van der Waals surface area contributed by atoms with Crippen LogP contribution >= 0.6 is 0 Å². The van der Waals surface area contributed by atoms with Crippen LogP contribution in [0.3, 0.4) is 0 Å². The second-order valence-electron chi connectivity index (χ2n) is 13.9. The zero-order valence-electron chi connectivity index (χ0n) is 31.5. The smallest absolute Gasteiger partial charge is 0.481 e. The van der Waals surface area contributed by atoms with Crippen LogP contribution in [0.25, 0.3) is 0 Å². The van der Waals surface area contributed by atoms with Crippen LogP contribution in [0, 0.1) is 11.8 Å². The van der Waals surface area contributed by atoms with Crippen LogP contribution in [0.15, 0.2) is 12.5 Å². The first-order chi connectivity index (χ1) is 25.9. The van der Waals surface area contributed by atoms with Crippen LogP contribution in [-0.4, -0.2) is 138 Å². The molecule has 1 saturated heterocycles. The molecule has 2 rings (SSSR count). The molecule has 56 heavy (non-hydrogen) atoms. The molecular formula is C33H51F3N8O12. The Balaban J connectivity index is 0.00000203. The minimum absolute atomic E-state index is 0.00461. The van der Waals surface area contributed by atoms with E-state index in [1.165, 1.54) is 19.4 Å². The zero-order chi connectivity index (χ0) is 43.1. The molecule has 1 aliphatic heterocycles. The molecule has 0 saturated carbocycles. The monoisotopic (exact) mass is 808 g/mol. The summed E-state index contributed by atoms with van der Waals surface area (Å²) in [4.78, 5) is 106. The van der Waals surface area contributed by atoms with E-state index in [1.54, 1.807) is 13.8 Å². The predicted molar refractivity (Wildman–Crippen MR) is 187 cm³/mol. The number of imidazole rings is 1. The maximum absolute atomic E-state index is 13.7. The number of carbonyl (C=O) groups is 8. The summed E-state index contributed by atoms with van der Waals surface area (Å²) in [5.41, 5.74) is 6.52. The maximum atomic E-state index is 13.7. The Hall–Kier alpha value is -5.32. The van der Waals surface area contributed by atoms with Crippen LogP contribution in [-0.2, 0) is 44.8 Å². The molecule has 11 N–H and O–H groups in total. The molecule has 2 heterocycles. The third-order valence-corrected chi connectivity index (χ3v) is 8.36. The summed E-state index contributed by atoms with van der Waals surface area (Å²) < 4.78 is 31.7. The minimum atomic E-state index is -5.08. The van der Waals surface area contributed by atoms with E-state index in [-0.39, 0.29) is 44.1 Å². The summed E-state index contributed by atoms with van der Waals surface area (Å²) in [6.45, 7) is 8.46. The highest BCUT2D eigenvalue weighted by molar-refractivity contribution is 5.97. The van der Waals surface area contributed by atoms with Gasteiger partial charge in [0.1, 0.15) is 30.2 Å². The van der Waals surface area contributed by atoms with Gasteiger partial charge in [-0.1, -0.05) is 27.7 Å². The third-order valence-electron chi connectivity index (χ3n) is 8.36. The molecule has 1 aliphatic rings. The average Bonchev–Trinajstić information content (AvgIpc) is 3.79. The van der Waals surface area contributed by atoms with Crippen LogP contribution < -0.4 is 27.0 Å². The van der Waals surface area contributed by atoms with E-state index in [4.69, 9.17) is 20.7 Å². The third kappa shape index (κ3) is 16.2. The summed E-state index contributed by atoms with van der Waals surface area (Å²) in [5.74, 6) is -9.47. The molecule has 23 heteroatoms. The van der Waals surface area contributed by atoms with Gasteiger partial charge in [0, 0.05) is 31.3 Å². The van der Waals surface area contributed by atoms with Crippen LogP contribution in [0.1, 0.15) is 72.4 Å². The van der Waals surface area contributed by atoms with Crippen molar-refractivity contribution < 1.29 is 72.0 Å². The number of carboxylic acids is 3. The Morgan fingerprint density at radius 1 is 0.911 bits per heavy atom. The maximum Gasteiger partial charge on any atom is 0.490 e. The van der Waals surface area contributed by atoms with Crippen molar-refractivity contribution in [1.29, 1.82) is 0 Å². The lowest BCUT2D eigenvalue weighted by atomic mass is 10.0. The number of aromatic amines is 1. The number of H-pyrrole nitrogens is 1. The molecule has 1 fully saturated rings. The summed E-state index contributed by atoms with van der Waals surface area (Å²) in [6, 6.07) is -7.43. The van der Waals surface area contributed by atoms with E-state index in [2.05, 4.69) is 31.2 Å². The quantitative estimate of drug-likeness (QED) is 0.0792. The van der Waals surface area contributed by atoms with Gasteiger partial charge in [-0.05, 0) is 44.4 Å². The van der Waals surface area contributed by atoms with Gasteiger partial charge in [-0.2, -0.15) is 13.2 Å². The largest absolute Gasteiger partial charge is 0.490 e. The van der Waals surface area contributed by atoms with Gasteiger partial charge in [0.05, 0.1) is 18.5 Å². The van der Waals surface area contributed by atoms with Gasteiger partial charge in [-0.25, -0.2) is 14.6 Å². The lowest BCUT2D eigenvalue weighted by Crippen LogP contribution is -2.61. The zero-order valence-corrected chi connectivity index (χ0v) is 31.5. The number of carbonyl (C=O) groups excluding carboxylic acids is 5. The van der Waals surface area contributed by atoms with E-state index in [9.17, 15) is 56.9 Å². The van der Waals surface area contributed by atoms with Gasteiger partial charge >= 0.3 is 24.1 Å². The molecule has 0 aromatic carbocycles. The molecule has 0 aliphatic carbocycles. The molecule has 20 nitrogen and oxygen atoms in total. The lowest BCUT2D eigenvalue weighted by molar-refractivity contribution is -0.192. The number of amides is 5. The first-order valence-electron chi connectivity index (χ1n) is 17.5. The van der Waals surface area contributed by atoms with Gasteiger partial charge in [0.25, 0.3) is 0 Å². The highest BCUT2D eigenvalue weighted by Gasteiger charge is 2.41. The molecule has 1 unspecified atom stereocenters. The first kappa shape index (κ1) is 48.7. The second kappa shape index (κ2) is 22.3. The molecule has 1 aromatic rings. The van der Waals surface area contributed by atoms with Crippen LogP contribution in [0.5, 0.6) is 0 Å². The van der Waals surface area contributed by atoms with Crippen molar-refractivity contribution in [2.45, 2.75) is 122 Å². The number of rotatable bonds is 19. The topological polar surface area (TPSA) is 324 Å². The van der Waals surface area contributed by atoms with E-state index in [0.717, 1.165) is 4.90 Å². The average molecular weight is 809 g/mol. The lowest BCUT2D eigenvalue weighted by Gasteiger charge is -2.32. The van der Waals surface area contributed by atoms with E-state index < -0.39 is 102 Å². The Morgan fingerprint density at radius 2 is 1.48 bits per heavy atom. The van der Waals surface area contributed by atoms with E-state index in [1.807, 2.05) is 13.8 Å². The normalized spacial score (nSPS) is 17.3. The molecule has 7 atom stereocenters. The number of nitrogens with one attached hydrogen (secondary N) is 5. The van der Waals surface area contributed by atoms with Gasteiger partial charge in [0.15, 0.2) is 0 Å². The summed E-state index contributed by atoms with van der Waals surface area (Å²) in [5, 5.41) is 46.1. The van der Waals surface area contributed by atoms with E-state index >= 15 is 0 Å². The van der Waals surface area contributed by atoms with Crippen molar-refractivity contribution in [2.75, 3.05) is 6.54 Å². The Bertz CT molecular complexity index is 1520. The van der Waals surface area contributed by atoms with Crippen molar-refractivity contribution in [2.24, 2.45) is 17.6 Å². The van der Waals surface area contributed by atoms with Crippen molar-refractivity contribution in [1.82, 2.24) is 36.1 Å². The van der Waals surface area contributed by atoms with Crippen LogP contribution in [0.2, 0.25) is 0 Å². The SMILES string of the molecule is CC(C)C[C@H](NC(=O)[C@H](Cc1cnc[nH]1)NC(=O)[C@@H](N)C(C)C)C(=O)N[C@H](C(=O)N1CCC[C@H]1C(=O)NC(CCC(=O)O)C(=O)O)[C@@H](C)O.O=C(O)C(F)(F)F. The number of nitrogens with two attached hydrogens (primary N) is 1. The fourth-order valence-electron chi connectivity index (χ4n) is 5.29. The van der Waals surface area contributed by atoms with Gasteiger partial charge in [0.2, 0.25) is 29.5 Å². The van der Waals surface area contributed by atoms with Crippen molar-refractivity contribution in [3.8, 4) is 0 Å². The minimum Gasteiger partial charge on any atom is -0.481 e. The van der Waals surface area contributed by atoms with Gasteiger partial charge in [-0.3, -0.25) is 28.8 Å². The molecule has 0 bridgehead atoms. The number of aliphatic hydroxyl groups is 1. The molecule has 1 aromatic heterocycles. The number of aliphatic carboxylic acids is 3. The standard InChI is InChI=1S/C31H50N8O10.C2HF3O2/c1-15(2)11-20(36-26(43)21(12-18-13-33-14-34-18)37-29(46)24(32)16(3)4)27(44)38-25(17(5)40)30(47)39-10-6-7-22(39)28(45)35-19(31(48)49)8-9-23(41)42;3-2(4,5)1(6)7/h13-17,19-22,24-25,40H,6-12,32H2,1-5H3,(H,33,34)(H,35,45)(H,36,43)(H,37,46)(H,38,44)(H,41,42)(H,48,49);(H,6,7)/t17-,19?,20+,21+,22+,24+,25+;/m1./s1. The molecule has 316 valence electrons. The number of aromatic nitrogens is 2. The summed E-state index contributed by atoms with van der Waals surface area (Å²) in [6.07, 6.45) is -3.85. The summed E-state index contributed by atoms with van der Waals surface area (Å²) >= 11 is 0. The molecule has 0 radical (unpaired) electrons. The van der Waals surface area contributed by atoms with Crippen molar-refractivity contribution in [3.63, 3.8) is 0 Å². The highest BCUT2D eigenvalue weighted by Crippen LogP contribution is 2.20. The number of halogens is 3. The number of aliphatic hydroxyl groups excluding tert-OH is 1. The number of likely N-dealkylation sites (tertiary alicyclic amines) is 1. The number of hydrogen-bond donors (Lipinski definition) is 10. The van der Waals surface area contributed by atoms with Gasteiger partial charge < -0.3 is 57.3 Å². The number of carboxylic acid groups (broad SMARTS) is 3. The fourth-order valence-corrected chi connectivity index (χ4v) is 5.29. The van der Waals surface area contributed by atoms with Crippen molar-refractivity contribution in [3.05, 3.63) is 18.2 Å². The molecule has 5 amide bonds. The first-order valence-corrected chi connectivity index (χ1v) is 17.5.